The minimum atomic E-state index is -0.263. The average molecular weight is 227 g/mol. The first-order chi connectivity index (χ1) is 5.63. The minimum absolute atomic E-state index is 0.0444. The molecule has 0 spiro atoms. The molecule has 0 aliphatic carbocycles. The first-order valence-corrected chi connectivity index (χ1v) is 4.35. The van der Waals surface area contributed by atoms with Crippen LogP contribution in [0.15, 0.2) is 22.7 Å². The highest BCUT2D eigenvalue weighted by atomic mass is 79.9. The summed E-state index contributed by atoms with van der Waals surface area (Å²) in [5.41, 5.74) is 0.823. The first kappa shape index (κ1) is 9.28. The normalized spacial score (nSPS) is 12.2. The van der Waals surface area contributed by atoms with E-state index in [1.165, 1.54) is 12.1 Å². The Hall–Kier alpha value is -0.810. The molecular weight excluding hydrogens is 219 g/mol. The fraction of sp³-hybridized carbons (Fsp3) is 0.200. The van der Waals surface area contributed by atoms with Crippen LogP contribution in [0.5, 0.6) is 0 Å². The molecule has 12 heavy (non-hydrogen) atoms. The lowest BCUT2D eigenvalue weighted by molar-refractivity contribution is 0.624. The maximum Gasteiger partial charge on any atom is 0.124 e. The minimum Gasteiger partial charge on any atom is -0.207 e. The summed E-state index contributed by atoms with van der Waals surface area (Å²) in [7, 11) is 0. The number of benzene rings is 1. The quantitative estimate of drug-likeness (QED) is 0.645. The van der Waals surface area contributed by atoms with E-state index in [4.69, 9.17) is 6.42 Å². The molecule has 0 saturated carbocycles. The van der Waals surface area contributed by atoms with Crippen molar-refractivity contribution >= 4 is 15.9 Å². The first-order valence-electron chi connectivity index (χ1n) is 3.55. The third-order valence-electron chi connectivity index (χ3n) is 1.63. The van der Waals surface area contributed by atoms with Crippen LogP contribution in [0.2, 0.25) is 0 Å². The van der Waals surface area contributed by atoms with Crippen LogP contribution in [0.25, 0.3) is 0 Å². The molecule has 1 unspecified atom stereocenters. The van der Waals surface area contributed by atoms with Gasteiger partial charge in [0.25, 0.3) is 0 Å². The summed E-state index contributed by atoms with van der Waals surface area (Å²) in [5, 5.41) is 0. The number of rotatable bonds is 1. The number of hydrogen-bond acceptors (Lipinski definition) is 0. The van der Waals surface area contributed by atoms with Gasteiger partial charge in [0.2, 0.25) is 0 Å². The Morgan fingerprint density at radius 2 is 2.17 bits per heavy atom. The van der Waals surface area contributed by atoms with Crippen molar-refractivity contribution in [1.82, 2.24) is 0 Å². The SMILES string of the molecule is C#CC(C)c1cc(F)cc(Br)c1. The molecule has 0 aliphatic rings. The molecule has 1 aromatic carbocycles. The average Bonchev–Trinajstić information content (AvgIpc) is 2.01. The lowest BCUT2D eigenvalue weighted by Crippen LogP contribution is -1.90. The standard InChI is InChI=1S/C10H8BrF/c1-3-7(2)8-4-9(11)6-10(12)5-8/h1,4-7H,2H3. The Kier molecular flexibility index (Phi) is 2.88. The van der Waals surface area contributed by atoms with Gasteiger partial charge in [-0.05, 0) is 30.7 Å². The zero-order chi connectivity index (χ0) is 9.14. The molecule has 0 saturated heterocycles. The molecule has 2 heteroatoms. The summed E-state index contributed by atoms with van der Waals surface area (Å²) in [6, 6.07) is 4.69. The van der Waals surface area contributed by atoms with Crippen LogP contribution < -0.4 is 0 Å². The molecule has 0 nitrogen and oxygen atoms in total. The van der Waals surface area contributed by atoms with Crippen molar-refractivity contribution in [3.8, 4) is 12.3 Å². The van der Waals surface area contributed by atoms with Crippen molar-refractivity contribution in [1.29, 1.82) is 0 Å². The van der Waals surface area contributed by atoms with E-state index in [1.54, 1.807) is 0 Å². The van der Waals surface area contributed by atoms with Crippen molar-refractivity contribution in [2.75, 3.05) is 0 Å². The molecule has 0 aliphatic heterocycles. The number of terminal acetylenes is 1. The maximum atomic E-state index is 12.8. The Morgan fingerprint density at radius 1 is 1.50 bits per heavy atom. The van der Waals surface area contributed by atoms with E-state index in [0.29, 0.717) is 0 Å². The molecule has 1 aromatic rings. The van der Waals surface area contributed by atoms with Crippen LogP contribution >= 0.6 is 15.9 Å². The van der Waals surface area contributed by atoms with Gasteiger partial charge in [-0.3, -0.25) is 0 Å². The highest BCUT2D eigenvalue weighted by Gasteiger charge is 2.04. The van der Waals surface area contributed by atoms with Gasteiger partial charge in [0.15, 0.2) is 0 Å². The lowest BCUT2D eigenvalue weighted by Gasteiger charge is -2.04. The van der Waals surface area contributed by atoms with Crippen molar-refractivity contribution in [3.05, 3.63) is 34.1 Å². The van der Waals surface area contributed by atoms with E-state index in [0.717, 1.165) is 10.0 Å². The van der Waals surface area contributed by atoms with Crippen molar-refractivity contribution < 1.29 is 4.39 Å². The zero-order valence-corrected chi connectivity index (χ0v) is 8.23. The topological polar surface area (TPSA) is 0 Å². The predicted octanol–water partition coefficient (Wildman–Crippen LogP) is 3.32. The lowest BCUT2D eigenvalue weighted by atomic mass is 10.0. The smallest absolute Gasteiger partial charge is 0.124 e. The molecule has 0 bridgehead atoms. The van der Waals surface area contributed by atoms with Gasteiger partial charge >= 0.3 is 0 Å². The van der Waals surface area contributed by atoms with Gasteiger partial charge in [0.1, 0.15) is 5.82 Å². The second-order valence-corrected chi connectivity index (χ2v) is 3.51. The highest BCUT2D eigenvalue weighted by Crippen LogP contribution is 2.20. The van der Waals surface area contributed by atoms with Crippen LogP contribution in [0.4, 0.5) is 4.39 Å². The molecular formula is C10H8BrF. The molecule has 1 atom stereocenters. The molecule has 0 heterocycles. The van der Waals surface area contributed by atoms with E-state index in [9.17, 15) is 4.39 Å². The van der Waals surface area contributed by atoms with Crippen molar-refractivity contribution in [2.45, 2.75) is 12.8 Å². The number of halogens is 2. The Labute approximate surface area is 79.9 Å². The van der Waals surface area contributed by atoms with Crippen LogP contribution in [0, 0.1) is 18.2 Å². The fourth-order valence-corrected chi connectivity index (χ4v) is 1.40. The molecule has 0 fully saturated rings. The van der Waals surface area contributed by atoms with Gasteiger partial charge in [-0.15, -0.1) is 6.42 Å². The van der Waals surface area contributed by atoms with E-state index < -0.39 is 0 Å². The maximum absolute atomic E-state index is 12.8. The van der Waals surface area contributed by atoms with E-state index in [1.807, 2.05) is 13.0 Å². The predicted molar refractivity (Wildman–Crippen MR) is 51.3 cm³/mol. The number of hydrogen-bond donors (Lipinski definition) is 0. The van der Waals surface area contributed by atoms with E-state index >= 15 is 0 Å². The van der Waals surface area contributed by atoms with Crippen LogP contribution in [-0.4, -0.2) is 0 Å². The molecule has 0 N–H and O–H groups in total. The summed E-state index contributed by atoms with van der Waals surface area (Å²) < 4.78 is 13.5. The van der Waals surface area contributed by atoms with Gasteiger partial charge in [-0.1, -0.05) is 21.9 Å². The van der Waals surface area contributed by atoms with Gasteiger partial charge in [0.05, 0.1) is 0 Å². The molecule has 62 valence electrons. The molecule has 0 amide bonds. The molecule has 0 aromatic heterocycles. The van der Waals surface area contributed by atoms with Gasteiger partial charge < -0.3 is 0 Å². The molecule has 0 radical (unpaired) electrons. The Bertz CT molecular complexity index is 305. The summed E-state index contributed by atoms with van der Waals surface area (Å²) in [6.07, 6.45) is 5.22. The largest absolute Gasteiger partial charge is 0.207 e. The van der Waals surface area contributed by atoms with Crippen LogP contribution in [-0.2, 0) is 0 Å². The summed E-state index contributed by atoms with van der Waals surface area (Å²) in [6.45, 7) is 1.86. The second-order valence-electron chi connectivity index (χ2n) is 2.59. The monoisotopic (exact) mass is 226 g/mol. The summed E-state index contributed by atoms with van der Waals surface area (Å²) in [4.78, 5) is 0. The van der Waals surface area contributed by atoms with Crippen molar-refractivity contribution in [3.63, 3.8) is 0 Å². The Balaban J connectivity index is 3.10. The highest BCUT2D eigenvalue weighted by molar-refractivity contribution is 9.10. The van der Waals surface area contributed by atoms with Gasteiger partial charge in [-0.2, -0.15) is 0 Å². The third-order valence-corrected chi connectivity index (χ3v) is 2.09. The second kappa shape index (κ2) is 3.73. The summed E-state index contributed by atoms with van der Waals surface area (Å²) >= 11 is 3.20. The summed E-state index contributed by atoms with van der Waals surface area (Å²) in [5.74, 6) is 2.24. The third kappa shape index (κ3) is 2.09. The van der Waals surface area contributed by atoms with E-state index in [2.05, 4.69) is 21.9 Å². The van der Waals surface area contributed by atoms with Crippen LogP contribution in [0.1, 0.15) is 18.4 Å². The van der Waals surface area contributed by atoms with Gasteiger partial charge in [0, 0.05) is 10.4 Å². The van der Waals surface area contributed by atoms with Crippen LogP contribution in [0.3, 0.4) is 0 Å². The zero-order valence-electron chi connectivity index (χ0n) is 6.64. The Morgan fingerprint density at radius 3 is 2.67 bits per heavy atom. The fourth-order valence-electron chi connectivity index (χ4n) is 0.921. The van der Waals surface area contributed by atoms with E-state index in [-0.39, 0.29) is 11.7 Å². The van der Waals surface area contributed by atoms with Gasteiger partial charge in [-0.25, -0.2) is 4.39 Å². The molecule has 1 rings (SSSR count). The van der Waals surface area contributed by atoms with Crippen molar-refractivity contribution in [2.24, 2.45) is 0 Å².